The molecule has 22 heavy (non-hydrogen) atoms. The average molecular weight is 294 g/mol. The number of carbonyl (C=O) groups excluding carboxylic acids is 1. The molecule has 5 heteroatoms. The number of nitrogens with one attached hydrogen (secondary N) is 1. The van der Waals surface area contributed by atoms with Gasteiger partial charge in [-0.3, -0.25) is 9.78 Å². The molecule has 112 valence electrons. The molecule has 1 amide bonds. The molecule has 2 rings (SSSR count). The van der Waals surface area contributed by atoms with Crippen LogP contribution in [-0.4, -0.2) is 28.9 Å². The van der Waals surface area contributed by atoms with Gasteiger partial charge < -0.3 is 10.2 Å². The van der Waals surface area contributed by atoms with Crippen molar-refractivity contribution in [3.63, 3.8) is 0 Å². The summed E-state index contributed by atoms with van der Waals surface area (Å²) in [5.41, 5.74) is 2.55. The van der Waals surface area contributed by atoms with Gasteiger partial charge in [-0.15, -0.1) is 0 Å². The lowest BCUT2D eigenvalue weighted by Crippen LogP contribution is -2.31. The SMILES string of the molecule is CCN(CC)C(=O)c1cc(Nc2cccc(C#N)c2)ccn1. The molecule has 0 atom stereocenters. The van der Waals surface area contributed by atoms with Crippen molar-refractivity contribution in [2.75, 3.05) is 18.4 Å². The predicted molar refractivity (Wildman–Crippen MR) is 85.9 cm³/mol. The number of carbonyl (C=O) groups is 1. The van der Waals surface area contributed by atoms with E-state index in [1.807, 2.05) is 26.0 Å². The predicted octanol–water partition coefficient (Wildman–Crippen LogP) is 3.18. The second kappa shape index (κ2) is 7.23. The number of pyridine rings is 1. The maximum absolute atomic E-state index is 12.3. The van der Waals surface area contributed by atoms with E-state index in [0.29, 0.717) is 24.3 Å². The highest BCUT2D eigenvalue weighted by atomic mass is 16.2. The number of benzene rings is 1. The van der Waals surface area contributed by atoms with Crippen molar-refractivity contribution in [3.05, 3.63) is 53.9 Å². The third-order valence-electron chi connectivity index (χ3n) is 3.31. The zero-order chi connectivity index (χ0) is 15.9. The van der Waals surface area contributed by atoms with Gasteiger partial charge in [-0.05, 0) is 44.2 Å². The molecule has 0 unspecified atom stereocenters. The molecular weight excluding hydrogens is 276 g/mol. The van der Waals surface area contributed by atoms with Gasteiger partial charge in [-0.1, -0.05) is 6.07 Å². The molecule has 1 aromatic carbocycles. The highest BCUT2D eigenvalue weighted by Gasteiger charge is 2.14. The molecule has 1 heterocycles. The Hall–Kier alpha value is -2.87. The first-order chi connectivity index (χ1) is 10.7. The monoisotopic (exact) mass is 294 g/mol. The minimum absolute atomic E-state index is 0.0839. The summed E-state index contributed by atoms with van der Waals surface area (Å²) < 4.78 is 0. The van der Waals surface area contributed by atoms with E-state index in [2.05, 4.69) is 16.4 Å². The Kier molecular flexibility index (Phi) is 5.10. The van der Waals surface area contributed by atoms with E-state index >= 15 is 0 Å². The molecule has 2 aromatic rings. The number of amides is 1. The third-order valence-corrected chi connectivity index (χ3v) is 3.31. The molecule has 0 saturated carbocycles. The first-order valence-electron chi connectivity index (χ1n) is 7.20. The molecule has 5 nitrogen and oxygen atoms in total. The van der Waals surface area contributed by atoms with Gasteiger partial charge in [0.15, 0.2) is 0 Å². The summed E-state index contributed by atoms with van der Waals surface area (Å²) in [6.45, 7) is 5.19. The van der Waals surface area contributed by atoms with Crippen LogP contribution in [0.15, 0.2) is 42.6 Å². The summed E-state index contributed by atoms with van der Waals surface area (Å²) in [5, 5.41) is 12.1. The van der Waals surface area contributed by atoms with Gasteiger partial charge in [0.25, 0.3) is 5.91 Å². The summed E-state index contributed by atoms with van der Waals surface area (Å²) in [7, 11) is 0. The van der Waals surface area contributed by atoms with Crippen LogP contribution >= 0.6 is 0 Å². The molecule has 0 aliphatic carbocycles. The van der Waals surface area contributed by atoms with E-state index in [9.17, 15) is 4.79 Å². The van der Waals surface area contributed by atoms with Gasteiger partial charge in [0.05, 0.1) is 11.6 Å². The van der Waals surface area contributed by atoms with Crippen molar-refractivity contribution in [1.82, 2.24) is 9.88 Å². The molecule has 0 aliphatic heterocycles. The fraction of sp³-hybridized carbons (Fsp3) is 0.235. The van der Waals surface area contributed by atoms with E-state index < -0.39 is 0 Å². The first kappa shape index (κ1) is 15.5. The second-order valence-electron chi connectivity index (χ2n) is 4.72. The first-order valence-corrected chi connectivity index (χ1v) is 7.20. The Bertz CT molecular complexity index is 702. The van der Waals surface area contributed by atoms with Gasteiger partial charge in [0.2, 0.25) is 0 Å². The minimum Gasteiger partial charge on any atom is -0.355 e. The number of hydrogen-bond donors (Lipinski definition) is 1. The van der Waals surface area contributed by atoms with Gasteiger partial charge in [0, 0.05) is 30.7 Å². The van der Waals surface area contributed by atoms with Crippen molar-refractivity contribution in [3.8, 4) is 6.07 Å². The van der Waals surface area contributed by atoms with E-state index in [-0.39, 0.29) is 5.91 Å². The number of nitriles is 1. The second-order valence-corrected chi connectivity index (χ2v) is 4.72. The Morgan fingerprint density at radius 1 is 1.23 bits per heavy atom. The van der Waals surface area contributed by atoms with Crippen LogP contribution < -0.4 is 5.32 Å². The lowest BCUT2D eigenvalue weighted by atomic mass is 10.2. The zero-order valence-corrected chi connectivity index (χ0v) is 12.7. The maximum Gasteiger partial charge on any atom is 0.272 e. The quantitative estimate of drug-likeness (QED) is 0.919. The van der Waals surface area contributed by atoms with Crippen LogP contribution in [0.3, 0.4) is 0 Å². The number of anilines is 2. The maximum atomic E-state index is 12.3. The van der Waals surface area contributed by atoms with Gasteiger partial charge in [-0.2, -0.15) is 5.26 Å². The fourth-order valence-electron chi connectivity index (χ4n) is 2.13. The van der Waals surface area contributed by atoms with Crippen LogP contribution in [-0.2, 0) is 0 Å². The highest BCUT2D eigenvalue weighted by Crippen LogP contribution is 2.18. The molecule has 0 bridgehead atoms. The topological polar surface area (TPSA) is 69.0 Å². The fourth-order valence-corrected chi connectivity index (χ4v) is 2.13. The minimum atomic E-state index is -0.0839. The Morgan fingerprint density at radius 2 is 1.95 bits per heavy atom. The normalized spacial score (nSPS) is 9.86. The lowest BCUT2D eigenvalue weighted by molar-refractivity contribution is 0.0767. The highest BCUT2D eigenvalue weighted by molar-refractivity contribution is 5.93. The molecule has 1 N–H and O–H groups in total. The van der Waals surface area contributed by atoms with E-state index in [0.717, 1.165) is 11.4 Å². The van der Waals surface area contributed by atoms with Gasteiger partial charge >= 0.3 is 0 Å². The smallest absolute Gasteiger partial charge is 0.272 e. The molecule has 0 spiro atoms. The Labute approximate surface area is 130 Å². The third kappa shape index (κ3) is 3.61. The van der Waals surface area contributed by atoms with E-state index in [1.165, 1.54) is 0 Å². The largest absolute Gasteiger partial charge is 0.355 e. The van der Waals surface area contributed by atoms with E-state index in [4.69, 9.17) is 5.26 Å². The van der Waals surface area contributed by atoms with Crippen LogP contribution in [0.1, 0.15) is 29.9 Å². The van der Waals surface area contributed by atoms with Crippen LogP contribution in [0.25, 0.3) is 0 Å². The van der Waals surface area contributed by atoms with Crippen molar-refractivity contribution < 1.29 is 4.79 Å². The summed E-state index contributed by atoms with van der Waals surface area (Å²) in [6, 6.07) is 12.8. The zero-order valence-electron chi connectivity index (χ0n) is 12.7. The van der Waals surface area contributed by atoms with Gasteiger partial charge in [0.1, 0.15) is 5.69 Å². The van der Waals surface area contributed by atoms with Crippen molar-refractivity contribution in [2.45, 2.75) is 13.8 Å². The number of rotatable bonds is 5. The molecule has 1 aromatic heterocycles. The van der Waals surface area contributed by atoms with Gasteiger partial charge in [-0.25, -0.2) is 0 Å². The van der Waals surface area contributed by atoms with Crippen molar-refractivity contribution in [2.24, 2.45) is 0 Å². The molecule has 0 radical (unpaired) electrons. The van der Waals surface area contributed by atoms with Crippen LogP contribution in [0.5, 0.6) is 0 Å². The summed E-state index contributed by atoms with van der Waals surface area (Å²) in [6.07, 6.45) is 1.60. The summed E-state index contributed by atoms with van der Waals surface area (Å²) >= 11 is 0. The summed E-state index contributed by atoms with van der Waals surface area (Å²) in [4.78, 5) is 18.2. The van der Waals surface area contributed by atoms with Crippen LogP contribution in [0, 0.1) is 11.3 Å². The number of nitrogens with zero attached hydrogens (tertiary/aromatic N) is 3. The van der Waals surface area contributed by atoms with Crippen LogP contribution in [0.4, 0.5) is 11.4 Å². The summed E-state index contributed by atoms with van der Waals surface area (Å²) in [5.74, 6) is -0.0839. The van der Waals surface area contributed by atoms with Crippen LogP contribution in [0.2, 0.25) is 0 Å². The van der Waals surface area contributed by atoms with Crippen molar-refractivity contribution in [1.29, 1.82) is 5.26 Å². The number of hydrogen-bond acceptors (Lipinski definition) is 4. The molecular formula is C17H18N4O. The average Bonchev–Trinajstić information content (AvgIpc) is 2.56. The Morgan fingerprint density at radius 3 is 2.64 bits per heavy atom. The van der Waals surface area contributed by atoms with E-state index in [1.54, 1.807) is 35.4 Å². The molecule has 0 fully saturated rings. The molecule has 0 saturated heterocycles. The number of aromatic nitrogens is 1. The standard InChI is InChI=1S/C17H18N4O/c1-3-21(4-2)17(22)16-11-15(8-9-19-16)20-14-7-5-6-13(10-14)12-18/h5-11H,3-4H2,1-2H3,(H,19,20). The van der Waals surface area contributed by atoms with Crippen molar-refractivity contribution >= 4 is 17.3 Å². The molecule has 0 aliphatic rings. The Balaban J connectivity index is 2.21. The lowest BCUT2D eigenvalue weighted by Gasteiger charge is -2.18.